The van der Waals surface area contributed by atoms with E-state index in [0.29, 0.717) is 21.3 Å². The lowest BCUT2D eigenvalue weighted by Crippen LogP contribution is -2.20. The van der Waals surface area contributed by atoms with Gasteiger partial charge in [-0.2, -0.15) is 28.2 Å². The number of benzene rings is 3. The number of ether oxygens (including phenoxy) is 1. The lowest BCUT2D eigenvalue weighted by molar-refractivity contribution is -0.137. The fourth-order valence-electron chi connectivity index (χ4n) is 3.23. The van der Waals surface area contributed by atoms with Gasteiger partial charge in [0.25, 0.3) is 5.56 Å². The SMILES string of the molecule is N#CCOc1ccc(Br)cc1C=Nn1c(-c2cccc(C(F)(F)F)c2)nc2ccccc2c1=O. The molecule has 0 N–H and O–H groups in total. The first-order valence-corrected chi connectivity index (χ1v) is 10.6. The van der Waals surface area contributed by atoms with Crippen LogP contribution in [0.1, 0.15) is 11.1 Å². The van der Waals surface area contributed by atoms with Crippen molar-refractivity contribution in [2.75, 3.05) is 6.61 Å². The number of nitriles is 1. The number of hydrogen-bond donors (Lipinski definition) is 0. The molecule has 170 valence electrons. The van der Waals surface area contributed by atoms with E-state index >= 15 is 0 Å². The topological polar surface area (TPSA) is 80.3 Å². The summed E-state index contributed by atoms with van der Waals surface area (Å²) in [5, 5.41) is 13.3. The van der Waals surface area contributed by atoms with Gasteiger partial charge in [0.2, 0.25) is 0 Å². The first kappa shape index (κ1) is 23.2. The second kappa shape index (κ2) is 9.49. The van der Waals surface area contributed by atoms with Crippen LogP contribution in [0.5, 0.6) is 5.75 Å². The van der Waals surface area contributed by atoms with Crippen LogP contribution in [-0.4, -0.2) is 22.5 Å². The van der Waals surface area contributed by atoms with E-state index in [1.807, 2.05) is 6.07 Å². The maximum absolute atomic E-state index is 13.3. The Labute approximate surface area is 199 Å². The molecule has 0 aliphatic carbocycles. The fourth-order valence-corrected chi connectivity index (χ4v) is 3.61. The second-order valence-electron chi connectivity index (χ2n) is 7.02. The highest BCUT2D eigenvalue weighted by Crippen LogP contribution is 2.32. The summed E-state index contributed by atoms with van der Waals surface area (Å²) in [5.41, 5.74) is -0.581. The molecule has 6 nitrogen and oxygen atoms in total. The summed E-state index contributed by atoms with van der Waals surface area (Å²) >= 11 is 3.35. The maximum atomic E-state index is 13.3. The average molecular weight is 527 g/mol. The van der Waals surface area contributed by atoms with Crippen LogP contribution in [0.25, 0.3) is 22.3 Å². The van der Waals surface area contributed by atoms with Crippen LogP contribution in [0.3, 0.4) is 0 Å². The van der Waals surface area contributed by atoms with E-state index in [0.717, 1.165) is 16.8 Å². The van der Waals surface area contributed by atoms with Gasteiger partial charge in [0.15, 0.2) is 12.4 Å². The zero-order chi connectivity index (χ0) is 24.3. The molecule has 10 heteroatoms. The van der Waals surface area contributed by atoms with Crippen molar-refractivity contribution in [2.24, 2.45) is 5.10 Å². The molecule has 0 saturated heterocycles. The van der Waals surface area contributed by atoms with Gasteiger partial charge in [-0.15, -0.1) is 0 Å². The number of rotatable bonds is 5. The van der Waals surface area contributed by atoms with E-state index in [-0.39, 0.29) is 23.4 Å². The molecule has 0 saturated carbocycles. The molecule has 4 rings (SSSR count). The molecule has 1 heterocycles. The number of aromatic nitrogens is 2. The zero-order valence-corrected chi connectivity index (χ0v) is 18.8. The summed E-state index contributed by atoms with van der Waals surface area (Å²) < 4.78 is 47.0. The minimum Gasteiger partial charge on any atom is -0.478 e. The van der Waals surface area contributed by atoms with Gasteiger partial charge in [0.05, 0.1) is 22.7 Å². The van der Waals surface area contributed by atoms with Gasteiger partial charge >= 0.3 is 6.18 Å². The van der Waals surface area contributed by atoms with Crippen LogP contribution in [0.2, 0.25) is 0 Å². The minimum atomic E-state index is -4.56. The summed E-state index contributed by atoms with van der Waals surface area (Å²) in [6.07, 6.45) is -3.24. The molecule has 0 aliphatic rings. The summed E-state index contributed by atoms with van der Waals surface area (Å²) in [7, 11) is 0. The zero-order valence-electron chi connectivity index (χ0n) is 17.3. The highest BCUT2D eigenvalue weighted by Gasteiger charge is 2.31. The predicted molar refractivity (Wildman–Crippen MR) is 125 cm³/mol. The van der Waals surface area contributed by atoms with Crippen molar-refractivity contribution in [3.05, 3.63) is 92.7 Å². The van der Waals surface area contributed by atoms with Crippen LogP contribution in [-0.2, 0) is 6.18 Å². The molecule has 3 aromatic carbocycles. The molecule has 0 spiro atoms. The Morgan fingerprint density at radius 2 is 1.91 bits per heavy atom. The Morgan fingerprint density at radius 3 is 2.68 bits per heavy atom. The fraction of sp³-hybridized carbons (Fsp3) is 0.0833. The molecular formula is C24H14BrF3N4O2. The molecule has 34 heavy (non-hydrogen) atoms. The number of fused-ring (bicyclic) bond motifs is 1. The minimum absolute atomic E-state index is 0.0551. The smallest absolute Gasteiger partial charge is 0.416 e. The Hall–Kier alpha value is -3.97. The van der Waals surface area contributed by atoms with Crippen molar-refractivity contribution < 1.29 is 17.9 Å². The van der Waals surface area contributed by atoms with Gasteiger partial charge in [-0.1, -0.05) is 40.2 Å². The molecule has 0 atom stereocenters. The monoisotopic (exact) mass is 526 g/mol. The van der Waals surface area contributed by atoms with Crippen LogP contribution < -0.4 is 10.3 Å². The van der Waals surface area contributed by atoms with E-state index in [4.69, 9.17) is 10.00 Å². The number of halogens is 4. The van der Waals surface area contributed by atoms with Crippen molar-refractivity contribution in [1.29, 1.82) is 5.26 Å². The van der Waals surface area contributed by atoms with Crippen molar-refractivity contribution in [1.82, 2.24) is 9.66 Å². The van der Waals surface area contributed by atoms with Gasteiger partial charge < -0.3 is 4.74 Å². The van der Waals surface area contributed by atoms with Gasteiger partial charge in [-0.3, -0.25) is 4.79 Å². The molecule has 0 unspecified atom stereocenters. The Morgan fingerprint density at radius 1 is 1.12 bits per heavy atom. The average Bonchev–Trinajstić information content (AvgIpc) is 2.82. The van der Waals surface area contributed by atoms with Crippen LogP contribution in [0, 0.1) is 11.3 Å². The maximum Gasteiger partial charge on any atom is 0.416 e. The molecule has 0 radical (unpaired) electrons. The molecule has 0 bridgehead atoms. The van der Waals surface area contributed by atoms with Crippen molar-refractivity contribution in [2.45, 2.75) is 6.18 Å². The number of para-hydroxylation sites is 1. The quantitative estimate of drug-likeness (QED) is 0.315. The lowest BCUT2D eigenvalue weighted by Gasteiger charge is -2.12. The lowest BCUT2D eigenvalue weighted by atomic mass is 10.1. The third kappa shape index (κ3) is 4.84. The molecule has 1 aromatic heterocycles. The highest BCUT2D eigenvalue weighted by atomic mass is 79.9. The standard InChI is InChI=1S/C24H14BrF3N4O2/c25-18-8-9-21(34-11-10-29)16(13-18)14-30-32-22(15-4-3-5-17(12-15)24(26,27)28)31-20-7-2-1-6-19(20)23(32)33/h1-9,12-14H,11H2. The molecule has 4 aromatic rings. The van der Waals surface area contributed by atoms with Crippen molar-refractivity contribution in [3.8, 4) is 23.2 Å². The summed E-state index contributed by atoms with van der Waals surface area (Å²) in [5.74, 6) is 0.288. The molecular weight excluding hydrogens is 513 g/mol. The Bertz CT molecular complexity index is 1510. The number of hydrogen-bond acceptors (Lipinski definition) is 5. The first-order valence-electron chi connectivity index (χ1n) is 9.81. The van der Waals surface area contributed by atoms with Gasteiger partial charge in [0, 0.05) is 15.6 Å². The van der Waals surface area contributed by atoms with Gasteiger partial charge in [-0.25, -0.2) is 4.98 Å². The predicted octanol–water partition coefficient (Wildman–Crippen LogP) is 5.63. The van der Waals surface area contributed by atoms with E-state index in [2.05, 4.69) is 26.0 Å². The third-order valence-electron chi connectivity index (χ3n) is 4.78. The third-order valence-corrected chi connectivity index (χ3v) is 5.27. The molecule has 0 amide bonds. The van der Waals surface area contributed by atoms with E-state index in [1.54, 1.807) is 42.5 Å². The summed E-state index contributed by atoms with van der Waals surface area (Å²) in [4.78, 5) is 17.7. The number of nitrogens with zero attached hydrogens (tertiary/aromatic N) is 4. The molecule has 0 aliphatic heterocycles. The van der Waals surface area contributed by atoms with Crippen molar-refractivity contribution >= 4 is 33.0 Å². The summed E-state index contributed by atoms with van der Waals surface area (Å²) in [6.45, 7) is -0.199. The van der Waals surface area contributed by atoms with E-state index in [1.165, 1.54) is 18.3 Å². The van der Waals surface area contributed by atoms with Crippen LogP contribution in [0.15, 0.2) is 81.1 Å². The van der Waals surface area contributed by atoms with Gasteiger partial charge in [-0.05, 0) is 42.5 Å². The molecule has 0 fully saturated rings. The Kier molecular flexibility index (Phi) is 6.47. The number of alkyl halides is 3. The van der Waals surface area contributed by atoms with Gasteiger partial charge in [0.1, 0.15) is 11.8 Å². The second-order valence-corrected chi connectivity index (χ2v) is 7.94. The Balaban J connectivity index is 1.92. The van der Waals surface area contributed by atoms with Crippen LogP contribution >= 0.6 is 15.9 Å². The first-order chi connectivity index (χ1) is 16.3. The largest absolute Gasteiger partial charge is 0.478 e. The van der Waals surface area contributed by atoms with Crippen LogP contribution in [0.4, 0.5) is 13.2 Å². The van der Waals surface area contributed by atoms with E-state index in [9.17, 15) is 18.0 Å². The normalized spacial score (nSPS) is 11.6. The van der Waals surface area contributed by atoms with E-state index < -0.39 is 17.3 Å². The summed E-state index contributed by atoms with van der Waals surface area (Å²) in [6, 6.07) is 17.9. The highest BCUT2D eigenvalue weighted by molar-refractivity contribution is 9.10. The van der Waals surface area contributed by atoms with Crippen molar-refractivity contribution in [3.63, 3.8) is 0 Å².